The lowest BCUT2D eigenvalue weighted by Crippen LogP contribution is -2.28. The number of benzene rings is 1. The van der Waals surface area contributed by atoms with Crippen molar-refractivity contribution in [3.63, 3.8) is 0 Å². The van der Waals surface area contributed by atoms with E-state index in [2.05, 4.69) is 12.2 Å². The van der Waals surface area contributed by atoms with Gasteiger partial charge in [0.05, 0.1) is 0 Å². The number of amides is 1. The molecule has 0 saturated carbocycles. The minimum absolute atomic E-state index is 0.150. The fourth-order valence-electron chi connectivity index (χ4n) is 2.05. The minimum Gasteiger partial charge on any atom is -0.396 e. The van der Waals surface area contributed by atoms with Crippen LogP contribution in [0.1, 0.15) is 31.7 Å². The smallest absolute Gasteiger partial charge is 0.244 e. The largest absolute Gasteiger partial charge is 0.396 e. The molecule has 1 amide bonds. The van der Waals surface area contributed by atoms with E-state index in [0.717, 1.165) is 18.4 Å². The first-order valence-corrected chi connectivity index (χ1v) is 7.84. The van der Waals surface area contributed by atoms with Gasteiger partial charge in [-0.15, -0.1) is 0 Å². The number of carbonyl (C=O) groups excluding carboxylic acids is 1. The molecule has 1 aromatic carbocycles. The van der Waals surface area contributed by atoms with E-state index in [1.807, 2.05) is 0 Å². The van der Waals surface area contributed by atoms with Crippen molar-refractivity contribution < 1.29 is 9.90 Å². The van der Waals surface area contributed by atoms with Crippen molar-refractivity contribution in [3.8, 4) is 0 Å². The average molecular weight is 330 g/mol. The molecule has 0 aliphatic carbocycles. The van der Waals surface area contributed by atoms with Gasteiger partial charge >= 0.3 is 0 Å². The van der Waals surface area contributed by atoms with Crippen LogP contribution in [0.25, 0.3) is 6.08 Å². The Hall–Kier alpha value is -1.03. The minimum atomic E-state index is -0.167. The van der Waals surface area contributed by atoms with E-state index in [1.54, 1.807) is 24.3 Å². The monoisotopic (exact) mass is 329 g/mol. The first-order valence-electron chi connectivity index (χ1n) is 7.08. The molecule has 0 fully saturated rings. The third kappa shape index (κ3) is 6.98. The van der Waals surface area contributed by atoms with Crippen LogP contribution in [0, 0.1) is 5.92 Å². The van der Waals surface area contributed by atoms with Gasteiger partial charge in [0.25, 0.3) is 0 Å². The summed E-state index contributed by atoms with van der Waals surface area (Å²) in [4.78, 5) is 11.8. The summed E-state index contributed by atoms with van der Waals surface area (Å²) in [6, 6.07) is 5.13. The summed E-state index contributed by atoms with van der Waals surface area (Å²) >= 11 is 11.8. The Morgan fingerprint density at radius 1 is 1.38 bits per heavy atom. The van der Waals surface area contributed by atoms with E-state index >= 15 is 0 Å². The number of halogens is 2. The van der Waals surface area contributed by atoms with E-state index < -0.39 is 0 Å². The van der Waals surface area contributed by atoms with Gasteiger partial charge in [0.1, 0.15) is 0 Å². The Morgan fingerprint density at radius 2 is 2.14 bits per heavy atom. The van der Waals surface area contributed by atoms with Crippen LogP contribution in [0.15, 0.2) is 24.3 Å². The molecule has 3 nitrogen and oxygen atoms in total. The quantitative estimate of drug-likeness (QED) is 0.710. The number of hydrogen-bond acceptors (Lipinski definition) is 2. The highest BCUT2D eigenvalue weighted by Gasteiger charge is 2.08. The van der Waals surface area contributed by atoms with E-state index in [0.29, 0.717) is 28.9 Å². The zero-order valence-corrected chi connectivity index (χ0v) is 13.6. The van der Waals surface area contributed by atoms with Crippen LogP contribution >= 0.6 is 23.2 Å². The highest BCUT2D eigenvalue weighted by molar-refractivity contribution is 6.35. The van der Waals surface area contributed by atoms with Gasteiger partial charge in [0.2, 0.25) is 5.91 Å². The predicted octanol–water partition coefficient (Wildman–Crippen LogP) is 3.92. The molecule has 0 aliphatic rings. The molecule has 1 atom stereocenters. The molecule has 2 N–H and O–H groups in total. The molecule has 0 aromatic heterocycles. The normalized spacial score (nSPS) is 12.6. The molecular formula is C16H21Cl2NO2. The molecule has 0 heterocycles. The molecule has 0 radical (unpaired) electrons. The lowest BCUT2D eigenvalue weighted by atomic mass is 10.0. The van der Waals surface area contributed by atoms with Gasteiger partial charge in [-0.1, -0.05) is 42.6 Å². The maximum absolute atomic E-state index is 11.8. The fourth-order valence-corrected chi connectivity index (χ4v) is 2.52. The van der Waals surface area contributed by atoms with Crippen LogP contribution < -0.4 is 5.32 Å². The fraction of sp³-hybridized carbons (Fsp3) is 0.438. The average Bonchev–Trinajstić information content (AvgIpc) is 2.44. The number of aliphatic hydroxyl groups is 1. The van der Waals surface area contributed by atoms with Crippen molar-refractivity contribution in [2.75, 3.05) is 13.2 Å². The summed E-state index contributed by atoms with van der Waals surface area (Å²) in [5, 5.41) is 12.9. The van der Waals surface area contributed by atoms with Crippen LogP contribution in [0.5, 0.6) is 0 Å². The van der Waals surface area contributed by atoms with E-state index in [-0.39, 0.29) is 12.5 Å². The van der Waals surface area contributed by atoms with Crippen molar-refractivity contribution in [2.24, 2.45) is 5.92 Å². The first kappa shape index (κ1) is 18.0. The van der Waals surface area contributed by atoms with Crippen molar-refractivity contribution in [1.29, 1.82) is 0 Å². The maximum Gasteiger partial charge on any atom is 0.244 e. The van der Waals surface area contributed by atoms with Gasteiger partial charge in [-0.2, -0.15) is 0 Å². The summed E-state index contributed by atoms with van der Waals surface area (Å²) in [7, 11) is 0. The third-order valence-corrected chi connectivity index (χ3v) is 3.74. The van der Waals surface area contributed by atoms with Gasteiger partial charge in [0, 0.05) is 29.3 Å². The summed E-state index contributed by atoms with van der Waals surface area (Å²) in [6.07, 6.45) is 5.86. The van der Waals surface area contributed by atoms with Gasteiger partial charge in [-0.25, -0.2) is 0 Å². The van der Waals surface area contributed by atoms with E-state index in [4.69, 9.17) is 28.3 Å². The van der Waals surface area contributed by atoms with Gasteiger partial charge in [-0.05, 0) is 42.5 Å². The molecule has 5 heteroatoms. The second-order valence-electron chi connectivity index (χ2n) is 4.91. The number of carbonyl (C=O) groups is 1. The Bertz CT molecular complexity index is 483. The molecule has 1 unspecified atom stereocenters. The van der Waals surface area contributed by atoms with Crippen LogP contribution in [-0.2, 0) is 4.79 Å². The van der Waals surface area contributed by atoms with Crippen LogP contribution in [-0.4, -0.2) is 24.2 Å². The maximum atomic E-state index is 11.8. The van der Waals surface area contributed by atoms with Crippen molar-refractivity contribution >= 4 is 35.2 Å². The highest BCUT2D eigenvalue weighted by atomic mass is 35.5. The standard InChI is InChI=1S/C16H21Cl2NO2/c1-2-3-12(8-9-20)11-19-16(21)7-5-13-4-6-14(17)10-15(13)18/h4-7,10,12,20H,2-3,8-9,11H2,1H3,(H,19,21)/b7-5+. The van der Waals surface area contributed by atoms with Crippen molar-refractivity contribution in [2.45, 2.75) is 26.2 Å². The van der Waals surface area contributed by atoms with Gasteiger partial charge in [-0.3, -0.25) is 4.79 Å². The highest BCUT2D eigenvalue weighted by Crippen LogP contribution is 2.21. The Balaban J connectivity index is 2.50. The molecule has 116 valence electrons. The second kappa shape index (κ2) is 9.82. The number of rotatable bonds is 8. The molecule has 0 bridgehead atoms. The Kier molecular flexibility index (Phi) is 8.43. The molecular weight excluding hydrogens is 309 g/mol. The number of nitrogens with one attached hydrogen (secondary N) is 1. The lowest BCUT2D eigenvalue weighted by molar-refractivity contribution is -0.116. The summed E-state index contributed by atoms with van der Waals surface area (Å²) in [5.74, 6) is 0.150. The van der Waals surface area contributed by atoms with E-state index in [9.17, 15) is 4.79 Å². The summed E-state index contributed by atoms with van der Waals surface area (Å²) in [5.41, 5.74) is 0.747. The molecule has 0 spiro atoms. The van der Waals surface area contributed by atoms with Crippen LogP contribution in [0.2, 0.25) is 10.0 Å². The molecule has 21 heavy (non-hydrogen) atoms. The van der Waals surface area contributed by atoms with Gasteiger partial charge < -0.3 is 10.4 Å². The Morgan fingerprint density at radius 3 is 2.76 bits per heavy atom. The molecule has 0 saturated heterocycles. The number of aliphatic hydroxyl groups excluding tert-OH is 1. The zero-order valence-electron chi connectivity index (χ0n) is 12.1. The van der Waals surface area contributed by atoms with Crippen LogP contribution in [0.3, 0.4) is 0 Å². The molecule has 1 rings (SSSR count). The van der Waals surface area contributed by atoms with E-state index in [1.165, 1.54) is 6.08 Å². The predicted molar refractivity (Wildman–Crippen MR) is 88.6 cm³/mol. The molecule has 0 aliphatic heterocycles. The third-order valence-electron chi connectivity index (χ3n) is 3.18. The molecule has 1 aromatic rings. The second-order valence-corrected chi connectivity index (χ2v) is 5.75. The zero-order chi connectivity index (χ0) is 15.7. The van der Waals surface area contributed by atoms with Crippen molar-refractivity contribution in [1.82, 2.24) is 5.32 Å². The first-order chi connectivity index (χ1) is 10.1. The van der Waals surface area contributed by atoms with Crippen LogP contribution in [0.4, 0.5) is 0 Å². The Labute approximate surface area is 136 Å². The lowest BCUT2D eigenvalue weighted by Gasteiger charge is -2.14. The topological polar surface area (TPSA) is 49.3 Å². The summed E-state index contributed by atoms with van der Waals surface area (Å²) < 4.78 is 0. The van der Waals surface area contributed by atoms with Gasteiger partial charge in [0.15, 0.2) is 0 Å². The SMILES string of the molecule is CCCC(CCO)CNC(=O)/C=C/c1ccc(Cl)cc1Cl. The van der Waals surface area contributed by atoms with Crippen molar-refractivity contribution in [3.05, 3.63) is 39.9 Å². The summed E-state index contributed by atoms with van der Waals surface area (Å²) in [6.45, 7) is 2.82. The number of hydrogen-bond donors (Lipinski definition) is 2.